The van der Waals surface area contributed by atoms with Crippen LogP contribution in [0.15, 0.2) is 5.10 Å². The van der Waals surface area contributed by atoms with Crippen molar-refractivity contribution >= 4 is 23.2 Å². The molecule has 1 aromatic rings. The van der Waals surface area contributed by atoms with Crippen molar-refractivity contribution < 1.29 is 27.5 Å². The quantitative estimate of drug-likeness (QED) is 0.828. The molecule has 0 saturated carbocycles. The van der Waals surface area contributed by atoms with E-state index in [1.165, 1.54) is 11.6 Å². The second-order valence-corrected chi connectivity index (χ2v) is 5.88. The van der Waals surface area contributed by atoms with E-state index in [-0.39, 0.29) is 10.0 Å². The number of amides is 1. The smallest absolute Gasteiger partial charge is 0.287 e. The van der Waals surface area contributed by atoms with E-state index >= 15 is 0 Å². The predicted octanol–water partition coefficient (Wildman–Crippen LogP) is 2.52. The van der Waals surface area contributed by atoms with E-state index in [1.807, 2.05) is 0 Å². The minimum atomic E-state index is -3.47. The minimum Gasteiger partial charge on any atom is -0.364 e. The van der Waals surface area contributed by atoms with Crippen molar-refractivity contribution in [2.24, 2.45) is 5.10 Å². The van der Waals surface area contributed by atoms with Gasteiger partial charge < -0.3 is 5.11 Å². The first-order valence-corrected chi connectivity index (χ1v) is 7.29. The van der Waals surface area contributed by atoms with Crippen LogP contribution in [-0.2, 0) is 4.79 Å². The molecule has 1 aliphatic heterocycles. The van der Waals surface area contributed by atoms with Gasteiger partial charge >= 0.3 is 0 Å². The van der Waals surface area contributed by atoms with Gasteiger partial charge in [0.2, 0.25) is 5.72 Å². The Balaban J connectivity index is 2.40. The van der Waals surface area contributed by atoms with Gasteiger partial charge in [-0.05, 0) is 20.8 Å². The molecule has 1 aliphatic rings. The molecule has 1 N–H and O–H groups in total. The summed E-state index contributed by atoms with van der Waals surface area (Å²) < 4.78 is 53.1. The standard InChI is InChI=1S/C13H15ClF4N4O2/c1-5-9(14)6(2)21(19-5)7(3)11(23)22-13(24,12(17)18)4-8(20-22)10(15)16/h7,10,12,24H,4H2,1-3H3/t7-,13-/m0/s1. The predicted molar refractivity (Wildman–Crippen MR) is 77.3 cm³/mol. The Hall–Kier alpha value is -1.68. The molecule has 0 bridgehead atoms. The molecular weight excluding hydrogens is 356 g/mol. The number of aliphatic hydroxyl groups is 1. The number of hydrogen-bond acceptors (Lipinski definition) is 4. The van der Waals surface area contributed by atoms with E-state index in [0.717, 1.165) is 0 Å². The number of hydrogen-bond donors (Lipinski definition) is 1. The summed E-state index contributed by atoms with van der Waals surface area (Å²) in [5, 5.41) is 17.5. The third kappa shape index (κ3) is 2.88. The molecule has 0 unspecified atom stereocenters. The van der Waals surface area contributed by atoms with Gasteiger partial charge in [0.05, 0.1) is 16.4 Å². The topological polar surface area (TPSA) is 70.7 Å². The number of carbonyl (C=O) groups is 1. The summed E-state index contributed by atoms with van der Waals surface area (Å²) in [5.41, 5.74) is -3.29. The van der Waals surface area contributed by atoms with Crippen LogP contribution in [-0.4, -0.2) is 50.1 Å². The Labute approximate surface area is 139 Å². The lowest BCUT2D eigenvalue weighted by Crippen LogP contribution is -2.53. The molecule has 2 heterocycles. The largest absolute Gasteiger partial charge is 0.364 e. The molecule has 2 atom stereocenters. The lowest BCUT2D eigenvalue weighted by molar-refractivity contribution is -0.194. The number of carbonyl (C=O) groups excluding carboxylic acids is 1. The van der Waals surface area contributed by atoms with E-state index in [4.69, 9.17) is 11.6 Å². The zero-order valence-electron chi connectivity index (χ0n) is 13.0. The average Bonchev–Trinajstić information content (AvgIpc) is 3.00. The number of rotatable bonds is 4. The van der Waals surface area contributed by atoms with Gasteiger partial charge in [-0.2, -0.15) is 15.2 Å². The van der Waals surface area contributed by atoms with E-state index in [2.05, 4.69) is 10.2 Å². The fourth-order valence-electron chi connectivity index (χ4n) is 2.42. The fraction of sp³-hybridized carbons (Fsp3) is 0.615. The number of alkyl halides is 4. The highest BCUT2D eigenvalue weighted by molar-refractivity contribution is 6.31. The van der Waals surface area contributed by atoms with Crippen LogP contribution in [0.5, 0.6) is 0 Å². The molecule has 0 radical (unpaired) electrons. The summed E-state index contributed by atoms with van der Waals surface area (Å²) in [4.78, 5) is 12.5. The highest BCUT2D eigenvalue weighted by Gasteiger charge is 2.54. The maximum Gasteiger partial charge on any atom is 0.287 e. The van der Waals surface area contributed by atoms with Crippen molar-refractivity contribution in [1.82, 2.24) is 14.8 Å². The van der Waals surface area contributed by atoms with Gasteiger partial charge in [0.1, 0.15) is 11.8 Å². The van der Waals surface area contributed by atoms with Gasteiger partial charge in [-0.15, -0.1) is 0 Å². The van der Waals surface area contributed by atoms with Crippen molar-refractivity contribution in [2.45, 2.75) is 51.8 Å². The molecule has 134 valence electrons. The van der Waals surface area contributed by atoms with Gasteiger partial charge in [0.25, 0.3) is 18.8 Å². The van der Waals surface area contributed by atoms with Gasteiger partial charge in [-0.25, -0.2) is 17.6 Å². The lowest BCUT2D eigenvalue weighted by atomic mass is 10.1. The molecule has 11 heteroatoms. The summed E-state index contributed by atoms with van der Waals surface area (Å²) in [6, 6.07) is -1.18. The van der Waals surface area contributed by atoms with E-state index in [1.54, 1.807) is 13.8 Å². The normalized spacial score (nSPS) is 22.5. The van der Waals surface area contributed by atoms with Crippen LogP contribution in [0.4, 0.5) is 17.6 Å². The van der Waals surface area contributed by atoms with Gasteiger partial charge in [-0.3, -0.25) is 9.48 Å². The molecule has 24 heavy (non-hydrogen) atoms. The highest BCUT2D eigenvalue weighted by Crippen LogP contribution is 2.35. The first-order valence-electron chi connectivity index (χ1n) is 6.92. The summed E-state index contributed by atoms with van der Waals surface area (Å²) in [7, 11) is 0. The van der Waals surface area contributed by atoms with Gasteiger partial charge in [0.15, 0.2) is 0 Å². The SMILES string of the molecule is Cc1nn([C@@H](C)C(=O)N2N=C(C(F)F)C[C@]2(O)C(F)F)c(C)c1Cl. The van der Waals surface area contributed by atoms with Gasteiger partial charge in [0, 0.05) is 6.42 Å². The van der Waals surface area contributed by atoms with Crippen LogP contribution in [0.3, 0.4) is 0 Å². The van der Waals surface area contributed by atoms with E-state index < -0.39 is 42.7 Å². The van der Waals surface area contributed by atoms with Crippen molar-refractivity contribution in [3.63, 3.8) is 0 Å². The molecular formula is C13H15ClF4N4O2. The van der Waals surface area contributed by atoms with Crippen LogP contribution in [0, 0.1) is 13.8 Å². The van der Waals surface area contributed by atoms with Crippen LogP contribution >= 0.6 is 11.6 Å². The van der Waals surface area contributed by atoms with E-state index in [0.29, 0.717) is 11.4 Å². The molecule has 2 rings (SSSR count). The Morgan fingerprint density at radius 3 is 2.33 bits per heavy atom. The van der Waals surface area contributed by atoms with Crippen LogP contribution in [0.1, 0.15) is 30.8 Å². The Morgan fingerprint density at radius 1 is 1.33 bits per heavy atom. The molecule has 1 aromatic heterocycles. The highest BCUT2D eigenvalue weighted by atomic mass is 35.5. The van der Waals surface area contributed by atoms with Crippen molar-refractivity contribution in [3.8, 4) is 0 Å². The molecule has 6 nitrogen and oxygen atoms in total. The third-order valence-electron chi connectivity index (χ3n) is 3.81. The number of aryl methyl sites for hydroxylation is 1. The average molecular weight is 371 g/mol. The number of halogens is 5. The fourth-order valence-corrected chi connectivity index (χ4v) is 2.55. The number of nitrogens with zero attached hydrogens (tertiary/aromatic N) is 4. The minimum absolute atomic E-state index is 0.0220. The lowest BCUT2D eigenvalue weighted by Gasteiger charge is -2.31. The first-order chi connectivity index (χ1) is 11.0. The molecule has 0 fully saturated rings. The third-order valence-corrected chi connectivity index (χ3v) is 4.35. The molecule has 0 saturated heterocycles. The molecule has 1 amide bonds. The monoisotopic (exact) mass is 370 g/mol. The summed E-state index contributed by atoms with van der Waals surface area (Å²) in [5.74, 6) is -1.10. The zero-order valence-corrected chi connectivity index (χ0v) is 13.7. The van der Waals surface area contributed by atoms with Gasteiger partial charge in [-0.1, -0.05) is 11.6 Å². The summed E-state index contributed by atoms with van der Waals surface area (Å²) in [6.45, 7) is 4.46. The van der Waals surface area contributed by atoms with Crippen LogP contribution < -0.4 is 0 Å². The van der Waals surface area contributed by atoms with Crippen LogP contribution in [0.25, 0.3) is 0 Å². The summed E-state index contributed by atoms with van der Waals surface area (Å²) >= 11 is 5.97. The molecule has 0 spiro atoms. The second kappa shape index (κ2) is 6.32. The summed E-state index contributed by atoms with van der Waals surface area (Å²) in [6.07, 6.45) is -7.76. The first kappa shape index (κ1) is 18.7. The number of hydrazone groups is 1. The second-order valence-electron chi connectivity index (χ2n) is 5.50. The van der Waals surface area contributed by atoms with Crippen molar-refractivity contribution in [3.05, 3.63) is 16.4 Å². The van der Waals surface area contributed by atoms with Crippen molar-refractivity contribution in [2.75, 3.05) is 0 Å². The maximum atomic E-state index is 13.2. The van der Waals surface area contributed by atoms with Crippen LogP contribution in [0.2, 0.25) is 5.02 Å². The van der Waals surface area contributed by atoms with E-state index in [9.17, 15) is 27.5 Å². The Kier molecular flexibility index (Phi) is 4.91. The molecule has 0 aliphatic carbocycles. The Morgan fingerprint density at radius 2 is 1.92 bits per heavy atom. The number of aromatic nitrogens is 2. The zero-order chi connectivity index (χ0) is 18.4. The maximum absolute atomic E-state index is 13.2. The van der Waals surface area contributed by atoms with Crippen molar-refractivity contribution in [1.29, 1.82) is 0 Å². The molecule has 0 aromatic carbocycles. The Bertz CT molecular complexity index is 694.